The zero-order valence-corrected chi connectivity index (χ0v) is 12.1. The molecule has 6 heteroatoms. The van der Waals surface area contributed by atoms with Gasteiger partial charge in [-0.1, -0.05) is 6.92 Å². The standard InChI is InChI=1S/C15H18N6/c1-15-7-20(9-16)6-11(15)3-5-21(8-15)14-12-2-4-17-13(12)18-10-19-14/h2,4,10-11H,3,5-8H2,1H3,(H,17,18,19)/t11?,15-/m0/s1. The van der Waals surface area contributed by atoms with Gasteiger partial charge in [0, 0.05) is 37.8 Å². The van der Waals surface area contributed by atoms with Crippen LogP contribution in [0.1, 0.15) is 13.3 Å². The smallest absolute Gasteiger partial charge is 0.179 e. The van der Waals surface area contributed by atoms with Crippen LogP contribution in [-0.2, 0) is 0 Å². The SMILES string of the molecule is C[C@@]12CN(C#N)CC1CCN(c1ncnc3[nH]ccc13)C2. The van der Waals surface area contributed by atoms with E-state index in [9.17, 15) is 0 Å². The van der Waals surface area contributed by atoms with Gasteiger partial charge in [-0.15, -0.1) is 0 Å². The van der Waals surface area contributed by atoms with Crippen LogP contribution >= 0.6 is 0 Å². The Balaban J connectivity index is 1.67. The van der Waals surface area contributed by atoms with Gasteiger partial charge in [0.15, 0.2) is 6.19 Å². The molecule has 4 rings (SSSR count). The number of nitriles is 1. The molecule has 0 spiro atoms. The number of rotatable bonds is 1. The van der Waals surface area contributed by atoms with Gasteiger partial charge in [-0.25, -0.2) is 9.97 Å². The third-order valence-electron chi connectivity index (χ3n) is 5.05. The van der Waals surface area contributed by atoms with Crippen LogP contribution in [0.5, 0.6) is 0 Å². The lowest BCUT2D eigenvalue weighted by Crippen LogP contribution is -2.47. The number of anilines is 1. The summed E-state index contributed by atoms with van der Waals surface area (Å²) in [5.41, 5.74) is 1.05. The quantitative estimate of drug-likeness (QED) is 0.804. The van der Waals surface area contributed by atoms with Crippen molar-refractivity contribution in [3.05, 3.63) is 18.6 Å². The van der Waals surface area contributed by atoms with E-state index in [0.717, 1.165) is 49.5 Å². The normalized spacial score (nSPS) is 28.7. The highest BCUT2D eigenvalue weighted by Gasteiger charge is 2.46. The number of hydrogen-bond donors (Lipinski definition) is 1. The lowest BCUT2D eigenvalue weighted by atomic mass is 9.75. The molecule has 0 radical (unpaired) electrons. The Hall–Kier alpha value is -2.29. The van der Waals surface area contributed by atoms with Gasteiger partial charge in [0.05, 0.1) is 5.39 Å². The van der Waals surface area contributed by atoms with Crippen molar-refractivity contribution in [1.82, 2.24) is 19.9 Å². The van der Waals surface area contributed by atoms with Gasteiger partial charge in [-0.3, -0.25) is 0 Å². The van der Waals surface area contributed by atoms with Gasteiger partial charge in [0.25, 0.3) is 0 Å². The average Bonchev–Trinajstić information content (AvgIpc) is 3.08. The van der Waals surface area contributed by atoms with Crippen molar-refractivity contribution in [3.8, 4) is 6.19 Å². The first kappa shape index (κ1) is 12.5. The van der Waals surface area contributed by atoms with Crippen molar-refractivity contribution < 1.29 is 0 Å². The zero-order chi connectivity index (χ0) is 14.4. The summed E-state index contributed by atoms with van der Waals surface area (Å²) >= 11 is 0. The fraction of sp³-hybridized carbons (Fsp3) is 0.533. The minimum atomic E-state index is 0.168. The Labute approximate surface area is 123 Å². The molecule has 1 N–H and O–H groups in total. The Morgan fingerprint density at radius 1 is 1.43 bits per heavy atom. The van der Waals surface area contributed by atoms with Gasteiger partial charge in [-0.2, -0.15) is 5.26 Å². The molecule has 1 unspecified atom stereocenters. The molecule has 2 aliphatic heterocycles. The molecule has 0 saturated carbocycles. The first-order chi connectivity index (χ1) is 10.2. The maximum atomic E-state index is 9.16. The fourth-order valence-corrected chi connectivity index (χ4v) is 3.93. The average molecular weight is 282 g/mol. The number of H-pyrrole nitrogens is 1. The monoisotopic (exact) mass is 282 g/mol. The molecule has 2 saturated heterocycles. The van der Waals surface area contributed by atoms with Crippen LogP contribution in [0.2, 0.25) is 0 Å². The summed E-state index contributed by atoms with van der Waals surface area (Å²) in [7, 11) is 0. The van der Waals surface area contributed by atoms with Crippen LogP contribution in [0.15, 0.2) is 18.6 Å². The van der Waals surface area contributed by atoms with Gasteiger partial charge >= 0.3 is 0 Å². The highest BCUT2D eigenvalue weighted by molar-refractivity contribution is 5.87. The van der Waals surface area contributed by atoms with Crippen molar-refractivity contribution >= 4 is 16.9 Å². The number of fused-ring (bicyclic) bond motifs is 2. The van der Waals surface area contributed by atoms with Crippen LogP contribution < -0.4 is 4.90 Å². The number of aromatic amines is 1. The number of hydrogen-bond acceptors (Lipinski definition) is 5. The van der Waals surface area contributed by atoms with Gasteiger partial charge < -0.3 is 14.8 Å². The largest absolute Gasteiger partial charge is 0.355 e. The summed E-state index contributed by atoms with van der Waals surface area (Å²) in [5.74, 6) is 1.62. The van der Waals surface area contributed by atoms with E-state index in [1.807, 2.05) is 17.2 Å². The second-order valence-electron chi connectivity index (χ2n) is 6.48. The van der Waals surface area contributed by atoms with E-state index in [1.165, 1.54) is 0 Å². The molecular formula is C15H18N6. The van der Waals surface area contributed by atoms with Crippen molar-refractivity contribution in [2.24, 2.45) is 11.3 Å². The highest BCUT2D eigenvalue weighted by atomic mass is 15.2. The van der Waals surface area contributed by atoms with Gasteiger partial charge in [0.1, 0.15) is 17.8 Å². The first-order valence-corrected chi connectivity index (χ1v) is 7.37. The first-order valence-electron chi connectivity index (χ1n) is 7.37. The Kier molecular flexibility index (Phi) is 2.58. The summed E-state index contributed by atoms with van der Waals surface area (Å²) < 4.78 is 0. The number of nitrogens with one attached hydrogen (secondary N) is 1. The van der Waals surface area contributed by atoms with E-state index < -0.39 is 0 Å². The van der Waals surface area contributed by atoms with Crippen LogP contribution in [0.4, 0.5) is 5.82 Å². The van der Waals surface area contributed by atoms with Gasteiger partial charge in [0.2, 0.25) is 0 Å². The lowest BCUT2D eigenvalue weighted by Gasteiger charge is -2.42. The molecule has 0 amide bonds. The summed E-state index contributed by atoms with van der Waals surface area (Å²) in [4.78, 5) is 16.2. The number of piperidine rings is 1. The van der Waals surface area contributed by atoms with Crippen LogP contribution in [0, 0.1) is 22.8 Å². The maximum Gasteiger partial charge on any atom is 0.179 e. The van der Waals surface area contributed by atoms with Crippen molar-refractivity contribution in [2.75, 3.05) is 31.1 Å². The molecule has 2 fully saturated rings. The van der Waals surface area contributed by atoms with Gasteiger partial charge in [-0.05, 0) is 18.4 Å². The summed E-state index contributed by atoms with van der Waals surface area (Å²) in [6.45, 7) is 6.01. The Bertz CT molecular complexity index is 716. The molecule has 2 aromatic rings. The lowest BCUT2D eigenvalue weighted by molar-refractivity contribution is 0.213. The molecule has 4 heterocycles. The van der Waals surface area contributed by atoms with E-state index in [0.29, 0.717) is 5.92 Å². The predicted molar refractivity (Wildman–Crippen MR) is 79.5 cm³/mol. The highest BCUT2D eigenvalue weighted by Crippen LogP contribution is 2.42. The number of nitrogens with zero attached hydrogens (tertiary/aromatic N) is 5. The Morgan fingerprint density at radius 3 is 3.19 bits per heavy atom. The zero-order valence-electron chi connectivity index (χ0n) is 12.1. The Morgan fingerprint density at radius 2 is 2.33 bits per heavy atom. The molecule has 2 atom stereocenters. The molecule has 6 nitrogen and oxygen atoms in total. The van der Waals surface area contributed by atoms with E-state index in [-0.39, 0.29) is 5.41 Å². The summed E-state index contributed by atoms with van der Waals surface area (Å²) in [5, 5.41) is 10.2. The topological polar surface area (TPSA) is 71.8 Å². The van der Waals surface area contributed by atoms with E-state index in [1.54, 1.807) is 6.33 Å². The van der Waals surface area contributed by atoms with Crippen LogP contribution in [0.25, 0.3) is 11.0 Å². The molecule has 108 valence electrons. The van der Waals surface area contributed by atoms with Crippen molar-refractivity contribution in [2.45, 2.75) is 13.3 Å². The number of aromatic nitrogens is 3. The maximum absolute atomic E-state index is 9.16. The fourth-order valence-electron chi connectivity index (χ4n) is 3.93. The molecule has 2 aromatic heterocycles. The predicted octanol–water partition coefficient (Wildman–Crippen LogP) is 1.59. The van der Waals surface area contributed by atoms with E-state index in [4.69, 9.17) is 5.26 Å². The third kappa shape index (κ3) is 1.84. The summed E-state index contributed by atoms with van der Waals surface area (Å²) in [6.07, 6.45) is 6.96. The molecular weight excluding hydrogens is 264 g/mol. The van der Waals surface area contributed by atoms with Crippen LogP contribution in [0.3, 0.4) is 0 Å². The van der Waals surface area contributed by atoms with E-state index >= 15 is 0 Å². The second-order valence-corrected chi connectivity index (χ2v) is 6.48. The molecule has 0 bridgehead atoms. The molecule has 0 aromatic carbocycles. The van der Waals surface area contributed by atoms with E-state index in [2.05, 4.69) is 33.0 Å². The third-order valence-corrected chi connectivity index (χ3v) is 5.05. The van der Waals surface area contributed by atoms with Crippen molar-refractivity contribution in [1.29, 1.82) is 5.26 Å². The van der Waals surface area contributed by atoms with Crippen molar-refractivity contribution in [3.63, 3.8) is 0 Å². The molecule has 0 aliphatic carbocycles. The number of likely N-dealkylation sites (tertiary alicyclic amines) is 1. The minimum absolute atomic E-state index is 0.168. The van der Waals surface area contributed by atoms with Crippen LogP contribution in [-0.4, -0.2) is 46.0 Å². The molecule has 21 heavy (non-hydrogen) atoms. The summed E-state index contributed by atoms with van der Waals surface area (Å²) in [6, 6.07) is 2.04. The second kappa shape index (κ2) is 4.35. The molecule has 2 aliphatic rings. The minimum Gasteiger partial charge on any atom is -0.355 e.